The Labute approximate surface area is 161 Å². The zero-order valence-corrected chi connectivity index (χ0v) is 15.0. The smallest absolute Gasteiger partial charge is 0.338 e. The van der Waals surface area contributed by atoms with E-state index in [-0.39, 0.29) is 24.3 Å². The van der Waals surface area contributed by atoms with Gasteiger partial charge in [-0.2, -0.15) is 5.26 Å². The highest BCUT2D eigenvalue weighted by atomic mass is 16.6. The summed E-state index contributed by atoms with van der Waals surface area (Å²) in [5.74, 6) is -0.0373. The molecule has 3 rings (SSSR count). The van der Waals surface area contributed by atoms with Crippen LogP contribution in [0.1, 0.15) is 16.8 Å². The van der Waals surface area contributed by atoms with E-state index in [0.717, 1.165) is 0 Å². The number of hydrogen-bond donors (Lipinski definition) is 1. The molecular formula is C20H18N2O6. The van der Waals surface area contributed by atoms with E-state index >= 15 is 0 Å². The van der Waals surface area contributed by atoms with Gasteiger partial charge in [0.2, 0.25) is 0 Å². The molecule has 0 aliphatic carbocycles. The van der Waals surface area contributed by atoms with Crippen molar-refractivity contribution < 1.29 is 28.9 Å². The molecule has 1 N–H and O–H groups in total. The Morgan fingerprint density at radius 2 is 1.82 bits per heavy atom. The predicted molar refractivity (Wildman–Crippen MR) is 98.4 cm³/mol. The van der Waals surface area contributed by atoms with Crippen LogP contribution in [-0.2, 0) is 9.53 Å². The molecule has 0 radical (unpaired) electrons. The SMILES string of the molecule is N#CCCN(C(=O)COC(=O)c1ccc(O)cc1)c1ccc2c(c1)OCCO2. The Morgan fingerprint density at radius 1 is 1.11 bits per heavy atom. The molecule has 1 heterocycles. The fourth-order valence-electron chi connectivity index (χ4n) is 2.65. The summed E-state index contributed by atoms with van der Waals surface area (Å²) >= 11 is 0. The Kier molecular flexibility index (Phi) is 5.97. The minimum absolute atomic E-state index is 0.0221. The first-order valence-corrected chi connectivity index (χ1v) is 8.61. The summed E-state index contributed by atoms with van der Waals surface area (Å²) in [6.07, 6.45) is 0.117. The zero-order valence-electron chi connectivity index (χ0n) is 15.0. The lowest BCUT2D eigenvalue weighted by atomic mass is 10.2. The highest BCUT2D eigenvalue weighted by molar-refractivity contribution is 5.97. The van der Waals surface area contributed by atoms with Gasteiger partial charge in [-0.25, -0.2) is 4.79 Å². The van der Waals surface area contributed by atoms with Crippen molar-refractivity contribution >= 4 is 17.6 Å². The summed E-state index contributed by atoms with van der Waals surface area (Å²) in [5.41, 5.74) is 0.735. The third-order valence-electron chi connectivity index (χ3n) is 4.02. The number of anilines is 1. The number of amides is 1. The molecule has 0 fully saturated rings. The normalized spacial score (nSPS) is 12.0. The number of carbonyl (C=O) groups excluding carboxylic acids is 2. The molecule has 2 aromatic rings. The maximum Gasteiger partial charge on any atom is 0.338 e. The van der Waals surface area contributed by atoms with Crippen LogP contribution < -0.4 is 14.4 Å². The van der Waals surface area contributed by atoms with Crippen LogP contribution in [0.5, 0.6) is 17.2 Å². The van der Waals surface area contributed by atoms with Gasteiger partial charge < -0.3 is 24.2 Å². The number of aromatic hydroxyl groups is 1. The molecule has 2 aromatic carbocycles. The second-order valence-electron chi connectivity index (χ2n) is 5.90. The van der Waals surface area contributed by atoms with Crippen molar-refractivity contribution in [1.82, 2.24) is 0 Å². The standard InChI is InChI=1S/C20H18N2O6/c21-8-1-9-22(15-4-7-17-18(12-15)27-11-10-26-17)19(24)13-28-20(25)14-2-5-16(23)6-3-14/h2-7,12,23H,1,9-11,13H2. The van der Waals surface area contributed by atoms with Crippen molar-refractivity contribution in [3.05, 3.63) is 48.0 Å². The van der Waals surface area contributed by atoms with E-state index < -0.39 is 18.5 Å². The van der Waals surface area contributed by atoms with Gasteiger partial charge in [0.15, 0.2) is 18.1 Å². The van der Waals surface area contributed by atoms with Gasteiger partial charge in [0, 0.05) is 18.3 Å². The molecule has 0 aromatic heterocycles. The van der Waals surface area contributed by atoms with Gasteiger partial charge in [0.25, 0.3) is 5.91 Å². The monoisotopic (exact) mass is 382 g/mol. The molecule has 0 bridgehead atoms. The third kappa shape index (κ3) is 4.51. The molecule has 0 atom stereocenters. The molecule has 144 valence electrons. The topological polar surface area (TPSA) is 109 Å². The second kappa shape index (κ2) is 8.77. The van der Waals surface area contributed by atoms with E-state index in [1.165, 1.54) is 29.2 Å². The van der Waals surface area contributed by atoms with Crippen molar-refractivity contribution in [2.45, 2.75) is 6.42 Å². The molecule has 8 nitrogen and oxygen atoms in total. The maximum absolute atomic E-state index is 12.6. The van der Waals surface area contributed by atoms with E-state index in [1.807, 2.05) is 6.07 Å². The van der Waals surface area contributed by atoms with Crippen LogP contribution in [0.15, 0.2) is 42.5 Å². The average molecular weight is 382 g/mol. The Morgan fingerprint density at radius 3 is 2.54 bits per heavy atom. The first-order valence-electron chi connectivity index (χ1n) is 8.61. The number of fused-ring (bicyclic) bond motifs is 1. The highest BCUT2D eigenvalue weighted by Crippen LogP contribution is 2.34. The van der Waals surface area contributed by atoms with E-state index in [2.05, 4.69) is 0 Å². The maximum atomic E-state index is 12.6. The number of phenolic OH excluding ortho intramolecular Hbond substituents is 1. The summed E-state index contributed by atoms with van der Waals surface area (Å²) < 4.78 is 16.1. The molecule has 1 aliphatic rings. The van der Waals surface area contributed by atoms with Crippen LogP contribution in [0, 0.1) is 11.3 Å². The Bertz CT molecular complexity index is 904. The zero-order chi connectivity index (χ0) is 19.9. The van der Waals surface area contributed by atoms with Crippen LogP contribution >= 0.6 is 0 Å². The van der Waals surface area contributed by atoms with Gasteiger partial charge >= 0.3 is 5.97 Å². The highest BCUT2D eigenvalue weighted by Gasteiger charge is 2.21. The third-order valence-corrected chi connectivity index (χ3v) is 4.02. The fourth-order valence-corrected chi connectivity index (χ4v) is 2.65. The second-order valence-corrected chi connectivity index (χ2v) is 5.90. The first-order chi connectivity index (χ1) is 13.6. The Balaban J connectivity index is 1.70. The number of nitriles is 1. The number of ether oxygens (including phenoxy) is 3. The van der Waals surface area contributed by atoms with Crippen molar-refractivity contribution in [3.63, 3.8) is 0 Å². The number of carbonyl (C=O) groups is 2. The van der Waals surface area contributed by atoms with Crippen LogP contribution in [0.4, 0.5) is 5.69 Å². The first kappa shape index (κ1) is 19.0. The van der Waals surface area contributed by atoms with Gasteiger partial charge in [-0.1, -0.05) is 0 Å². The fraction of sp³-hybridized carbons (Fsp3) is 0.250. The molecule has 0 saturated carbocycles. The summed E-state index contributed by atoms with van der Waals surface area (Å²) in [4.78, 5) is 26.1. The lowest BCUT2D eigenvalue weighted by Gasteiger charge is -2.24. The summed E-state index contributed by atoms with van der Waals surface area (Å²) in [6.45, 7) is 0.523. The van der Waals surface area contributed by atoms with Crippen LogP contribution in [0.3, 0.4) is 0 Å². The van der Waals surface area contributed by atoms with Gasteiger partial charge in [0.1, 0.15) is 19.0 Å². The van der Waals surface area contributed by atoms with E-state index in [4.69, 9.17) is 19.5 Å². The quantitative estimate of drug-likeness (QED) is 0.763. The number of hydrogen-bond acceptors (Lipinski definition) is 7. The van der Waals surface area contributed by atoms with Gasteiger partial charge in [-0.05, 0) is 36.4 Å². The summed E-state index contributed by atoms with van der Waals surface area (Å²) in [5, 5.41) is 18.2. The number of benzene rings is 2. The van der Waals surface area contributed by atoms with Crippen molar-refractivity contribution in [3.8, 4) is 23.3 Å². The number of nitrogens with zero attached hydrogens (tertiary/aromatic N) is 2. The van der Waals surface area contributed by atoms with E-state index in [0.29, 0.717) is 30.4 Å². The summed E-state index contributed by atoms with van der Waals surface area (Å²) in [7, 11) is 0. The van der Waals surface area contributed by atoms with Crippen molar-refractivity contribution in [2.24, 2.45) is 0 Å². The minimum Gasteiger partial charge on any atom is -0.508 e. The van der Waals surface area contributed by atoms with Crippen molar-refractivity contribution in [2.75, 3.05) is 31.3 Å². The lowest BCUT2D eigenvalue weighted by Crippen LogP contribution is -2.35. The molecule has 8 heteroatoms. The van der Waals surface area contributed by atoms with Gasteiger partial charge in [-0.3, -0.25) is 4.79 Å². The molecule has 0 spiro atoms. The molecule has 1 amide bonds. The Hall–Kier alpha value is -3.73. The van der Waals surface area contributed by atoms with Crippen molar-refractivity contribution in [1.29, 1.82) is 5.26 Å². The average Bonchev–Trinajstić information content (AvgIpc) is 2.72. The summed E-state index contributed by atoms with van der Waals surface area (Å²) in [6, 6.07) is 12.5. The van der Waals surface area contributed by atoms with Crippen LogP contribution in [-0.4, -0.2) is 43.3 Å². The van der Waals surface area contributed by atoms with Gasteiger partial charge in [0.05, 0.1) is 18.1 Å². The van der Waals surface area contributed by atoms with E-state index in [9.17, 15) is 14.7 Å². The van der Waals surface area contributed by atoms with E-state index in [1.54, 1.807) is 18.2 Å². The number of esters is 1. The molecule has 1 aliphatic heterocycles. The number of phenols is 1. The lowest BCUT2D eigenvalue weighted by molar-refractivity contribution is -0.121. The van der Waals surface area contributed by atoms with Crippen LogP contribution in [0.2, 0.25) is 0 Å². The molecule has 28 heavy (non-hydrogen) atoms. The molecular weight excluding hydrogens is 364 g/mol. The molecule has 0 unspecified atom stereocenters. The van der Waals surface area contributed by atoms with Gasteiger partial charge in [-0.15, -0.1) is 0 Å². The minimum atomic E-state index is -0.684. The molecule has 0 saturated heterocycles. The largest absolute Gasteiger partial charge is 0.508 e. The predicted octanol–water partition coefficient (Wildman–Crippen LogP) is 2.27. The number of rotatable bonds is 6. The van der Waals surface area contributed by atoms with Crippen LogP contribution in [0.25, 0.3) is 0 Å².